The van der Waals surface area contributed by atoms with E-state index in [4.69, 9.17) is 4.74 Å². The first-order valence-corrected chi connectivity index (χ1v) is 11.6. The molecule has 4 rings (SSSR count). The van der Waals surface area contributed by atoms with Gasteiger partial charge in [0.25, 0.3) is 10.0 Å². The maximum Gasteiger partial charge on any atom is 0.408 e. The zero-order valence-electron chi connectivity index (χ0n) is 18.0. The summed E-state index contributed by atoms with van der Waals surface area (Å²) in [4.78, 5) is 24.2. The number of nitrogens with one attached hydrogen (secondary N) is 1. The van der Waals surface area contributed by atoms with Gasteiger partial charge in [-0.15, -0.1) is 0 Å². The lowest BCUT2D eigenvalue weighted by molar-refractivity contribution is 0.0503. The zero-order chi connectivity index (χ0) is 23.3. The number of benzene rings is 2. The van der Waals surface area contributed by atoms with Crippen molar-refractivity contribution in [2.75, 3.05) is 0 Å². The molecule has 1 amide bonds. The minimum absolute atomic E-state index is 0.00460. The van der Waals surface area contributed by atoms with Crippen molar-refractivity contribution < 1.29 is 27.9 Å². The standard InChI is InChI=1S/C23H24N2O6S/c1-23(2,3)31-22(28)24-18-11-9-15-16(18)10-12-19-17(15)13-20(21(26)27)25(19)32(29,30)14-7-5-4-6-8-14/h4-8,10,12-13,18H,9,11H2,1-3H3,(H,24,28)(H,26,27). The molecular weight excluding hydrogens is 432 g/mol. The summed E-state index contributed by atoms with van der Waals surface area (Å²) in [6.07, 6.45) is 0.639. The second-order valence-electron chi connectivity index (χ2n) is 8.72. The monoisotopic (exact) mass is 456 g/mol. The number of alkyl carbamates (subject to hydrolysis) is 1. The van der Waals surface area contributed by atoms with Crippen LogP contribution < -0.4 is 5.32 Å². The summed E-state index contributed by atoms with van der Waals surface area (Å²) in [5.74, 6) is -1.34. The second-order valence-corrected chi connectivity index (χ2v) is 10.5. The molecule has 32 heavy (non-hydrogen) atoms. The molecule has 0 aliphatic heterocycles. The minimum atomic E-state index is -4.12. The second kappa shape index (κ2) is 7.67. The number of amides is 1. The molecule has 0 radical (unpaired) electrons. The summed E-state index contributed by atoms with van der Waals surface area (Å²) in [7, 11) is -4.12. The third-order valence-corrected chi connectivity index (χ3v) is 7.08. The predicted octanol–water partition coefficient (Wildman–Crippen LogP) is 4.09. The van der Waals surface area contributed by atoms with E-state index in [-0.39, 0.29) is 16.6 Å². The van der Waals surface area contributed by atoms with Crippen molar-refractivity contribution in [2.45, 2.75) is 50.2 Å². The number of carboxylic acids is 1. The van der Waals surface area contributed by atoms with Crippen LogP contribution in [-0.2, 0) is 21.2 Å². The van der Waals surface area contributed by atoms with Crippen molar-refractivity contribution in [2.24, 2.45) is 0 Å². The van der Waals surface area contributed by atoms with Crippen LogP contribution in [0.25, 0.3) is 10.9 Å². The van der Waals surface area contributed by atoms with Crippen LogP contribution in [0.4, 0.5) is 4.79 Å². The van der Waals surface area contributed by atoms with Crippen LogP contribution in [0.3, 0.4) is 0 Å². The van der Waals surface area contributed by atoms with Gasteiger partial charge in [0.05, 0.1) is 16.5 Å². The van der Waals surface area contributed by atoms with E-state index in [1.165, 1.54) is 18.2 Å². The van der Waals surface area contributed by atoms with Gasteiger partial charge in [0.15, 0.2) is 0 Å². The molecule has 0 spiro atoms. The molecule has 168 valence electrons. The van der Waals surface area contributed by atoms with Crippen LogP contribution in [0.2, 0.25) is 0 Å². The Morgan fingerprint density at radius 1 is 1.12 bits per heavy atom. The number of ether oxygens (including phenoxy) is 1. The van der Waals surface area contributed by atoms with E-state index in [2.05, 4.69) is 5.32 Å². The van der Waals surface area contributed by atoms with Gasteiger partial charge in [0, 0.05) is 5.39 Å². The zero-order valence-corrected chi connectivity index (χ0v) is 18.8. The van der Waals surface area contributed by atoms with Crippen LogP contribution in [0.1, 0.15) is 54.8 Å². The van der Waals surface area contributed by atoms with E-state index in [0.717, 1.165) is 15.1 Å². The maximum absolute atomic E-state index is 13.3. The molecule has 1 atom stereocenters. The summed E-state index contributed by atoms with van der Waals surface area (Å²) < 4.78 is 32.8. The third kappa shape index (κ3) is 3.84. The fourth-order valence-corrected chi connectivity index (χ4v) is 5.61. The number of carbonyl (C=O) groups excluding carboxylic acids is 1. The lowest BCUT2D eigenvalue weighted by Gasteiger charge is -2.22. The van der Waals surface area contributed by atoms with Gasteiger partial charge >= 0.3 is 12.1 Å². The fraction of sp³-hybridized carbons (Fsp3) is 0.304. The molecule has 0 saturated heterocycles. The fourth-order valence-electron chi connectivity index (χ4n) is 4.09. The van der Waals surface area contributed by atoms with Crippen molar-refractivity contribution in [3.63, 3.8) is 0 Å². The Bertz CT molecular complexity index is 1320. The number of carbonyl (C=O) groups is 2. The normalized spacial score (nSPS) is 16.0. The van der Waals surface area contributed by atoms with Crippen LogP contribution in [-0.4, -0.2) is 35.2 Å². The average Bonchev–Trinajstić information content (AvgIpc) is 3.29. The van der Waals surface area contributed by atoms with Crippen molar-refractivity contribution in [1.82, 2.24) is 9.29 Å². The van der Waals surface area contributed by atoms with Gasteiger partial charge in [-0.05, 0) is 69.0 Å². The average molecular weight is 457 g/mol. The van der Waals surface area contributed by atoms with E-state index in [1.54, 1.807) is 51.1 Å². The Hall–Kier alpha value is -3.33. The SMILES string of the molecule is CC(C)(C)OC(=O)NC1CCc2c1ccc1c2cc(C(=O)O)n1S(=O)(=O)c1ccccc1. The number of carboxylic acid groups (broad SMARTS) is 1. The van der Waals surface area contributed by atoms with E-state index >= 15 is 0 Å². The maximum atomic E-state index is 13.3. The Labute approximate surface area is 185 Å². The van der Waals surface area contributed by atoms with Gasteiger partial charge in [0.2, 0.25) is 0 Å². The summed E-state index contributed by atoms with van der Waals surface area (Å²) in [6, 6.07) is 12.2. The molecule has 3 aromatic rings. The van der Waals surface area contributed by atoms with Gasteiger partial charge in [0.1, 0.15) is 11.3 Å². The molecular formula is C23H24N2O6S. The van der Waals surface area contributed by atoms with Crippen molar-refractivity contribution >= 4 is 33.0 Å². The van der Waals surface area contributed by atoms with E-state index in [0.29, 0.717) is 23.7 Å². The highest BCUT2D eigenvalue weighted by molar-refractivity contribution is 7.90. The summed E-state index contributed by atoms with van der Waals surface area (Å²) in [5, 5.41) is 13.1. The van der Waals surface area contributed by atoms with Crippen molar-refractivity contribution in [3.05, 3.63) is 65.4 Å². The minimum Gasteiger partial charge on any atom is -0.477 e. The van der Waals surface area contributed by atoms with Crippen LogP contribution >= 0.6 is 0 Å². The molecule has 1 aliphatic rings. The molecule has 1 aromatic heterocycles. The van der Waals surface area contributed by atoms with Gasteiger partial charge in [-0.25, -0.2) is 22.0 Å². The van der Waals surface area contributed by atoms with Gasteiger partial charge in [-0.3, -0.25) is 0 Å². The molecule has 1 heterocycles. The predicted molar refractivity (Wildman–Crippen MR) is 118 cm³/mol. The molecule has 0 bridgehead atoms. The molecule has 2 N–H and O–H groups in total. The Morgan fingerprint density at radius 3 is 2.44 bits per heavy atom. The van der Waals surface area contributed by atoms with Gasteiger partial charge in [-0.1, -0.05) is 24.3 Å². The molecule has 0 fully saturated rings. The number of aryl methyl sites for hydroxylation is 1. The summed E-state index contributed by atoms with van der Waals surface area (Å²) in [6.45, 7) is 5.34. The number of aromatic carboxylic acids is 1. The van der Waals surface area contributed by atoms with E-state index in [1.807, 2.05) is 0 Å². The highest BCUT2D eigenvalue weighted by Gasteiger charge is 2.32. The van der Waals surface area contributed by atoms with Crippen molar-refractivity contribution in [3.8, 4) is 0 Å². The first kappa shape index (κ1) is 21.9. The number of rotatable bonds is 4. The van der Waals surface area contributed by atoms with Crippen LogP contribution in [0.15, 0.2) is 53.4 Å². The van der Waals surface area contributed by atoms with Crippen LogP contribution in [0.5, 0.6) is 0 Å². The quantitative estimate of drug-likeness (QED) is 0.611. The largest absolute Gasteiger partial charge is 0.477 e. The smallest absolute Gasteiger partial charge is 0.408 e. The first-order valence-electron chi connectivity index (χ1n) is 10.2. The topological polar surface area (TPSA) is 115 Å². The molecule has 9 heteroatoms. The van der Waals surface area contributed by atoms with E-state index < -0.39 is 27.7 Å². The number of hydrogen-bond acceptors (Lipinski definition) is 5. The highest BCUT2D eigenvalue weighted by atomic mass is 32.2. The molecule has 1 unspecified atom stereocenters. The number of nitrogens with zero attached hydrogens (tertiary/aromatic N) is 1. The lowest BCUT2D eigenvalue weighted by Crippen LogP contribution is -2.34. The molecule has 2 aromatic carbocycles. The number of aromatic nitrogens is 1. The van der Waals surface area contributed by atoms with Gasteiger partial charge in [-0.2, -0.15) is 0 Å². The molecule has 1 aliphatic carbocycles. The Kier molecular flexibility index (Phi) is 5.24. The summed E-state index contributed by atoms with van der Waals surface area (Å²) in [5.41, 5.74) is 0.987. The summed E-state index contributed by atoms with van der Waals surface area (Å²) >= 11 is 0. The highest BCUT2D eigenvalue weighted by Crippen LogP contribution is 2.38. The Balaban J connectivity index is 1.81. The third-order valence-electron chi connectivity index (χ3n) is 5.34. The number of fused-ring (bicyclic) bond motifs is 3. The lowest BCUT2D eigenvalue weighted by atomic mass is 10.0. The molecule has 0 saturated carbocycles. The molecule has 8 nitrogen and oxygen atoms in total. The van der Waals surface area contributed by atoms with E-state index in [9.17, 15) is 23.1 Å². The van der Waals surface area contributed by atoms with Crippen molar-refractivity contribution in [1.29, 1.82) is 0 Å². The van der Waals surface area contributed by atoms with Crippen LogP contribution in [0, 0.1) is 0 Å². The van der Waals surface area contributed by atoms with Gasteiger partial charge < -0.3 is 15.2 Å². The number of hydrogen-bond donors (Lipinski definition) is 2. The first-order chi connectivity index (χ1) is 15.0. The Morgan fingerprint density at radius 2 is 1.81 bits per heavy atom.